The van der Waals surface area contributed by atoms with Gasteiger partial charge in [0, 0.05) is 6.57 Å². The number of nitriles is 1. The van der Waals surface area contributed by atoms with Crippen LogP contribution in [0.4, 0.5) is 0 Å². The van der Waals surface area contributed by atoms with E-state index >= 15 is 0 Å². The van der Waals surface area contributed by atoms with Gasteiger partial charge in [0.25, 0.3) is 0 Å². The fourth-order valence-corrected chi connectivity index (χ4v) is 0. The van der Waals surface area contributed by atoms with Crippen LogP contribution in [0.25, 0.3) is 0 Å². The Hall–Kier alpha value is 0.320. The van der Waals surface area contributed by atoms with Gasteiger partial charge < -0.3 is 5.48 Å². The van der Waals surface area contributed by atoms with Crippen LogP contribution in [0, 0.1) is 11.8 Å². The monoisotopic (exact) mass is 163 g/mol. The zero-order valence-corrected chi connectivity index (χ0v) is 1.52. The van der Waals surface area contributed by atoms with Crippen LogP contribution in [0.2, 0.25) is 0 Å². The first-order chi connectivity index (χ1) is 1.00. The quantitative estimate of drug-likeness (QED) is 0.412. The molecule has 0 radical (unpaired) electrons. The molecule has 0 saturated heterocycles. The summed E-state index contributed by atoms with van der Waals surface area (Å²) in [5.41, 5.74) is 0. The van der Waals surface area contributed by atoms with Crippen molar-refractivity contribution in [2.45, 2.75) is 0 Å². The van der Waals surface area contributed by atoms with E-state index in [1.54, 1.807) is 0 Å². The van der Waals surface area contributed by atoms with Crippen molar-refractivity contribution >= 4 is 25.8 Å². The summed E-state index contributed by atoms with van der Waals surface area (Å²) in [4.78, 5) is 0. The summed E-state index contributed by atoms with van der Waals surface area (Å²) in [6, 6.07) is 0. The van der Waals surface area contributed by atoms with E-state index in [2.05, 4.69) is 6.57 Å². The Morgan fingerprint density at radius 1 is 1.25 bits per heavy atom. The van der Waals surface area contributed by atoms with Crippen LogP contribution >= 0.6 is 0 Å². The summed E-state index contributed by atoms with van der Waals surface area (Å²) >= 11 is 0. The third-order valence-corrected chi connectivity index (χ3v) is 0. The van der Waals surface area contributed by atoms with Crippen molar-refractivity contribution in [2.75, 3.05) is 0 Å². The molecule has 0 rings (SSSR count). The fourth-order valence-electron chi connectivity index (χ4n) is 0. The number of hydrogen-bond acceptors (Lipinski definition) is 1. The van der Waals surface area contributed by atoms with Gasteiger partial charge in [0.05, 0.1) is 0 Å². The van der Waals surface area contributed by atoms with Crippen molar-refractivity contribution in [3.05, 3.63) is 0 Å². The van der Waals surface area contributed by atoms with Gasteiger partial charge in [0.15, 0.2) is 0 Å². The molecule has 4 heavy (non-hydrogen) atoms. The first kappa shape index (κ1) is 27.3. The minimum atomic E-state index is 0. The molecule has 0 aliphatic heterocycles. The molecule has 3 heteroatoms. The van der Waals surface area contributed by atoms with Crippen molar-refractivity contribution in [3.63, 3.8) is 0 Å². The first-order valence-corrected chi connectivity index (χ1v) is 0.258. The normalized spacial score (nSPS) is 0.500. The fraction of sp³-hybridized carbons (Fsp3) is 0. The molecule has 0 aliphatic carbocycles. The third-order valence-electron chi connectivity index (χ3n) is 0. The van der Waals surface area contributed by atoms with Crippen molar-refractivity contribution in [1.29, 1.82) is 5.26 Å². The third kappa shape index (κ3) is 39.5. The van der Waals surface area contributed by atoms with Gasteiger partial charge in [-0.3, -0.25) is 0 Å². The van der Waals surface area contributed by atoms with Crippen LogP contribution < -0.4 is 0 Å². The van der Waals surface area contributed by atoms with Gasteiger partial charge in [0.1, 0.15) is 0 Å². The minimum absolute atomic E-state index is 0. The van der Waals surface area contributed by atoms with Crippen LogP contribution in [-0.4, -0.2) is 31.3 Å². The zero-order chi connectivity index (χ0) is 2.00. The zero-order valence-electron chi connectivity index (χ0n) is 1.52. The van der Waals surface area contributed by atoms with Gasteiger partial charge in [-0.25, -0.2) is 5.26 Å². The molecule has 2 nitrogen and oxygen atoms in total. The molecule has 0 aromatic rings. The van der Waals surface area contributed by atoms with E-state index in [1.807, 2.05) is 0 Å². The molecule has 0 atom stereocenters. The summed E-state index contributed by atoms with van der Waals surface area (Å²) < 4.78 is 0. The van der Waals surface area contributed by atoms with Crippen LogP contribution in [0.15, 0.2) is 0 Å². The average Bonchev–Trinajstić information content (AvgIpc) is 1.00. The number of nitrogens with zero attached hydrogens (tertiary/aromatic N) is 1. The maximum atomic E-state index is 6.50. The van der Waals surface area contributed by atoms with Gasteiger partial charge in [0.2, 0.25) is 0 Å². The van der Waals surface area contributed by atoms with Crippen molar-refractivity contribution in [3.8, 4) is 6.57 Å². The molecule has 0 fully saturated rings. The van der Waals surface area contributed by atoms with Crippen molar-refractivity contribution in [1.82, 2.24) is 0 Å². The van der Waals surface area contributed by atoms with Crippen LogP contribution in [0.5, 0.6) is 0 Å². The Balaban J connectivity index is -0.00000000500. The molecule has 0 aromatic heterocycles. The molecule has 0 heterocycles. The first-order valence-electron chi connectivity index (χ1n) is 0.258. The van der Waals surface area contributed by atoms with E-state index in [0.29, 0.717) is 0 Å². The molecule has 0 aliphatic rings. The molecule has 2 N–H and O–H groups in total. The summed E-state index contributed by atoms with van der Waals surface area (Å²) in [6.07, 6.45) is 0. The molecular formula is CH6InNO. The van der Waals surface area contributed by atoms with Crippen LogP contribution in [0.1, 0.15) is 0 Å². The predicted molar refractivity (Wildman–Crippen MR) is 20.2 cm³/mol. The second kappa shape index (κ2) is 174. The van der Waals surface area contributed by atoms with E-state index < -0.39 is 0 Å². The Labute approximate surface area is 43.5 Å². The second-order valence-corrected chi connectivity index (χ2v) is 0. The number of hydrogen-bond donors (Lipinski definition) is 0. The summed E-state index contributed by atoms with van der Waals surface area (Å²) in [5, 5.41) is 6.50. The van der Waals surface area contributed by atoms with Gasteiger partial charge in [-0.05, 0) is 0 Å². The van der Waals surface area contributed by atoms with Gasteiger partial charge >= 0.3 is 25.8 Å². The van der Waals surface area contributed by atoms with Gasteiger partial charge in [-0.1, -0.05) is 0 Å². The molecule has 0 amide bonds. The summed E-state index contributed by atoms with van der Waals surface area (Å²) in [7, 11) is 0. The van der Waals surface area contributed by atoms with Crippen LogP contribution in [0.3, 0.4) is 0 Å². The Morgan fingerprint density at radius 2 is 1.25 bits per heavy atom. The SMILES string of the molecule is C#N.O.[InH3]. The maximum absolute atomic E-state index is 6.50. The standard InChI is InChI=1S/CHN.In.H2O.3H/c1-2;;;;;/h1H;;1H2;;;. The van der Waals surface area contributed by atoms with Crippen molar-refractivity contribution in [2.24, 2.45) is 0 Å². The second-order valence-electron chi connectivity index (χ2n) is 0. The molecule has 0 unspecified atom stereocenters. The molecule has 24 valence electrons. The Morgan fingerprint density at radius 3 is 1.25 bits per heavy atom. The van der Waals surface area contributed by atoms with Gasteiger partial charge in [-0.2, -0.15) is 0 Å². The topological polar surface area (TPSA) is 55.3 Å². The van der Waals surface area contributed by atoms with E-state index in [1.165, 1.54) is 0 Å². The average molecular weight is 163 g/mol. The summed E-state index contributed by atoms with van der Waals surface area (Å²) in [6.45, 7) is 3.50. The van der Waals surface area contributed by atoms with E-state index in [4.69, 9.17) is 5.26 Å². The Kier molecular flexibility index (Phi) is 1190. The molecule has 0 bridgehead atoms. The van der Waals surface area contributed by atoms with Gasteiger partial charge in [-0.15, -0.1) is 0 Å². The molecular weight excluding hydrogens is 157 g/mol. The Bertz CT molecular complexity index is 12.8. The van der Waals surface area contributed by atoms with Crippen molar-refractivity contribution < 1.29 is 5.48 Å². The van der Waals surface area contributed by atoms with E-state index in [-0.39, 0.29) is 31.3 Å². The van der Waals surface area contributed by atoms with Crippen LogP contribution in [-0.2, 0) is 0 Å². The van der Waals surface area contributed by atoms with E-state index in [9.17, 15) is 0 Å². The van der Waals surface area contributed by atoms with E-state index in [0.717, 1.165) is 0 Å². The predicted octanol–water partition coefficient (Wildman–Crippen LogP) is -1.87. The number of rotatable bonds is 0. The molecule has 0 saturated carbocycles. The molecule has 0 spiro atoms. The molecule has 0 aromatic carbocycles. The summed E-state index contributed by atoms with van der Waals surface area (Å²) in [5.74, 6) is 0.